The Labute approximate surface area is 169 Å². The topological polar surface area (TPSA) is 94.1 Å². The molecule has 3 rings (SSSR count). The van der Waals surface area contributed by atoms with E-state index in [1.807, 2.05) is 26.0 Å². The average Bonchev–Trinajstić information content (AvgIpc) is 2.72. The van der Waals surface area contributed by atoms with E-state index < -0.39 is 6.10 Å². The zero-order valence-corrected chi connectivity index (χ0v) is 17.0. The van der Waals surface area contributed by atoms with Crippen molar-refractivity contribution in [1.29, 1.82) is 0 Å². The van der Waals surface area contributed by atoms with E-state index in [-0.39, 0.29) is 11.7 Å². The van der Waals surface area contributed by atoms with Gasteiger partial charge in [-0.3, -0.25) is 19.6 Å². The summed E-state index contributed by atoms with van der Waals surface area (Å²) in [6.45, 7) is 5.59. The van der Waals surface area contributed by atoms with Crippen molar-refractivity contribution in [2.45, 2.75) is 39.7 Å². The zero-order chi connectivity index (χ0) is 21.0. The van der Waals surface area contributed by atoms with E-state index in [1.165, 1.54) is 7.11 Å². The minimum Gasteiger partial charge on any atom is -0.372 e. The molecule has 0 aromatic carbocycles. The second-order valence-corrected chi connectivity index (χ2v) is 6.91. The number of nitrogens with zero attached hydrogens (tertiary/aromatic N) is 3. The zero-order valence-electron chi connectivity index (χ0n) is 17.0. The molecular weight excluding hydrogens is 368 g/mol. The molecule has 0 bridgehead atoms. The molecule has 0 saturated carbocycles. The Morgan fingerprint density at radius 3 is 2.48 bits per heavy atom. The first-order valence-electron chi connectivity index (χ1n) is 9.52. The van der Waals surface area contributed by atoms with Crippen LogP contribution in [0, 0.1) is 6.92 Å². The quantitative estimate of drug-likeness (QED) is 0.612. The van der Waals surface area contributed by atoms with Gasteiger partial charge in [-0.15, -0.1) is 0 Å². The molecule has 0 saturated heterocycles. The van der Waals surface area contributed by atoms with Gasteiger partial charge in [0.2, 0.25) is 0 Å². The molecule has 0 unspecified atom stereocenters. The fourth-order valence-electron chi connectivity index (χ4n) is 2.92. The average molecular weight is 392 g/mol. The molecule has 7 nitrogen and oxygen atoms in total. The van der Waals surface area contributed by atoms with Crippen molar-refractivity contribution >= 4 is 28.3 Å². The lowest BCUT2D eigenvalue weighted by atomic mass is 10.0. The van der Waals surface area contributed by atoms with Gasteiger partial charge in [0.25, 0.3) is 5.91 Å². The molecule has 0 aliphatic heterocycles. The molecule has 29 heavy (non-hydrogen) atoms. The van der Waals surface area contributed by atoms with Gasteiger partial charge >= 0.3 is 0 Å². The summed E-state index contributed by atoms with van der Waals surface area (Å²) in [6, 6.07) is 5.50. The van der Waals surface area contributed by atoms with Crippen LogP contribution in [0.3, 0.4) is 0 Å². The molecule has 0 aliphatic carbocycles. The first-order chi connectivity index (χ1) is 13.9. The Bertz CT molecular complexity index is 1070. The Kier molecular flexibility index (Phi) is 6.29. The number of amides is 1. The van der Waals surface area contributed by atoms with Crippen LogP contribution in [0.4, 0.5) is 5.82 Å². The van der Waals surface area contributed by atoms with Crippen molar-refractivity contribution in [2.75, 3.05) is 12.4 Å². The number of hydrogen-bond donors (Lipinski definition) is 1. The SMILES string of the molecule is CCCC(=O)c1cc(C)c(-c2cc3cnc(NC(=O)[C@@H](C)OC)cc3cn2)cn1. The first-order valence-corrected chi connectivity index (χ1v) is 9.52. The van der Waals surface area contributed by atoms with Crippen LogP contribution in [-0.4, -0.2) is 39.9 Å². The molecule has 150 valence electrons. The number of fused-ring (bicyclic) bond motifs is 1. The van der Waals surface area contributed by atoms with Crippen molar-refractivity contribution in [3.05, 3.63) is 48.0 Å². The van der Waals surface area contributed by atoms with Gasteiger partial charge in [0.15, 0.2) is 5.78 Å². The molecule has 0 spiro atoms. The van der Waals surface area contributed by atoms with Crippen LogP contribution in [0.25, 0.3) is 22.0 Å². The van der Waals surface area contributed by atoms with Gasteiger partial charge in [0.1, 0.15) is 17.6 Å². The van der Waals surface area contributed by atoms with E-state index in [9.17, 15) is 9.59 Å². The summed E-state index contributed by atoms with van der Waals surface area (Å²) in [5.41, 5.74) is 3.05. The van der Waals surface area contributed by atoms with Crippen LogP contribution in [-0.2, 0) is 9.53 Å². The van der Waals surface area contributed by atoms with E-state index >= 15 is 0 Å². The number of pyridine rings is 3. The van der Waals surface area contributed by atoms with Gasteiger partial charge in [-0.1, -0.05) is 6.92 Å². The van der Waals surface area contributed by atoms with Gasteiger partial charge in [0.05, 0.1) is 5.69 Å². The number of carbonyl (C=O) groups is 2. The molecule has 3 aromatic rings. The fraction of sp³-hybridized carbons (Fsp3) is 0.318. The summed E-state index contributed by atoms with van der Waals surface area (Å²) in [7, 11) is 1.48. The largest absolute Gasteiger partial charge is 0.372 e. The highest BCUT2D eigenvalue weighted by molar-refractivity contribution is 5.96. The second-order valence-electron chi connectivity index (χ2n) is 6.91. The maximum Gasteiger partial charge on any atom is 0.254 e. The Morgan fingerprint density at radius 1 is 1.07 bits per heavy atom. The van der Waals surface area contributed by atoms with Crippen LogP contribution in [0.15, 0.2) is 36.8 Å². The number of aromatic nitrogens is 3. The third-order valence-electron chi connectivity index (χ3n) is 4.73. The molecule has 3 aromatic heterocycles. The molecule has 1 amide bonds. The predicted molar refractivity (Wildman–Crippen MR) is 112 cm³/mol. The number of rotatable bonds is 7. The summed E-state index contributed by atoms with van der Waals surface area (Å²) >= 11 is 0. The maximum absolute atomic E-state index is 12.1. The summed E-state index contributed by atoms with van der Waals surface area (Å²) in [5, 5.41) is 4.46. The molecule has 0 radical (unpaired) electrons. The summed E-state index contributed by atoms with van der Waals surface area (Å²) in [4.78, 5) is 37.2. The fourth-order valence-corrected chi connectivity index (χ4v) is 2.92. The van der Waals surface area contributed by atoms with E-state index in [2.05, 4.69) is 20.3 Å². The number of carbonyl (C=O) groups excluding carboxylic acids is 2. The minimum absolute atomic E-state index is 0.0511. The van der Waals surface area contributed by atoms with Crippen LogP contribution in [0.2, 0.25) is 0 Å². The molecular formula is C22H24N4O3. The lowest BCUT2D eigenvalue weighted by Gasteiger charge is -2.11. The standard InChI is InChI=1S/C22H24N4O3/c1-5-6-20(27)19-7-13(2)17(12-24-19)18-8-15-11-25-21(9-16(15)10-23-18)26-22(28)14(3)29-4/h7-12,14H,5-6H2,1-4H3,(H,25,26,28)/t14-/m1/s1. The number of Topliss-reactive ketones (excluding diaryl/α,β-unsaturated/α-hetero) is 1. The van der Waals surface area contributed by atoms with Crippen LogP contribution >= 0.6 is 0 Å². The van der Waals surface area contributed by atoms with Crippen LogP contribution in [0.1, 0.15) is 42.7 Å². The van der Waals surface area contributed by atoms with Crippen molar-refractivity contribution in [3.63, 3.8) is 0 Å². The second kappa shape index (κ2) is 8.87. The molecule has 7 heteroatoms. The Morgan fingerprint density at radius 2 is 1.79 bits per heavy atom. The minimum atomic E-state index is -0.560. The normalized spacial score (nSPS) is 12.0. The van der Waals surface area contributed by atoms with Gasteiger partial charge in [-0.05, 0) is 44.0 Å². The molecule has 1 atom stereocenters. The van der Waals surface area contributed by atoms with Gasteiger partial charge in [0, 0.05) is 48.5 Å². The van der Waals surface area contributed by atoms with Crippen LogP contribution in [0.5, 0.6) is 0 Å². The molecule has 0 aliphatic rings. The Balaban J connectivity index is 1.87. The van der Waals surface area contributed by atoms with Gasteiger partial charge < -0.3 is 10.1 Å². The number of aryl methyl sites for hydroxylation is 1. The number of hydrogen-bond acceptors (Lipinski definition) is 6. The van der Waals surface area contributed by atoms with Crippen molar-refractivity contribution in [2.24, 2.45) is 0 Å². The highest BCUT2D eigenvalue weighted by Crippen LogP contribution is 2.25. The molecule has 3 heterocycles. The van der Waals surface area contributed by atoms with Crippen LogP contribution < -0.4 is 5.32 Å². The number of anilines is 1. The van der Waals surface area contributed by atoms with E-state index in [0.29, 0.717) is 17.9 Å². The Hall–Kier alpha value is -3.19. The smallest absolute Gasteiger partial charge is 0.254 e. The van der Waals surface area contributed by atoms with Crippen molar-refractivity contribution in [3.8, 4) is 11.3 Å². The number of ketones is 1. The monoisotopic (exact) mass is 392 g/mol. The molecule has 0 fully saturated rings. The van der Waals surface area contributed by atoms with Gasteiger partial charge in [-0.2, -0.15) is 0 Å². The van der Waals surface area contributed by atoms with E-state index in [4.69, 9.17) is 4.74 Å². The van der Waals surface area contributed by atoms with E-state index in [1.54, 1.807) is 31.6 Å². The summed E-state index contributed by atoms with van der Waals surface area (Å²) in [5.74, 6) is 0.233. The highest BCUT2D eigenvalue weighted by atomic mass is 16.5. The lowest BCUT2D eigenvalue weighted by molar-refractivity contribution is -0.124. The maximum atomic E-state index is 12.1. The lowest BCUT2D eigenvalue weighted by Crippen LogP contribution is -2.26. The predicted octanol–water partition coefficient (Wildman–Crippen LogP) is 3.96. The number of ether oxygens (including phenoxy) is 1. The number of nitrogens with one attached hydrogen (secondary N) is 1. The van der Waals surface area contributed by atoms with E-state index in [0.717, 1.165) is 34.0 Å². The van der Waals surface area contributed by atoms with Crippen molar-refractivity contribution in [1.82, 2.24) is 15.0 Å². The number of methoxy groups -OCH3 is 1. The van der Waals surface area contributed by atoms with Gasteiger partial charge in [-0.25, -0.2) is 4.98 Å². The summed E-state index contributed by atoms with van der Waals surface area (Å²) in [6.07, 6.45) is 5.85. The molecule has 1 N–H and O–H groups in total. The highest BCUT2D eigenvalue weighted by Gasteiger charge is 2.14. The third kappa shape index (κ3) is 4.63. The first kappa shape index (κ1) is 20.5. The summed E-state index contributed by atoms with van der Waals surface area (Å²) < 4.78 is 5.01. The third-order valence-corrected chi connectivity index (χ3v) is 4.73. The van der Waals surface area contributed by atoms with Crippen molar-refractivity contribution < 1.29 is 14.3 Å².